The molecule has 0 amide bonds. The lowest BCUT2D eigenvalue weighted by Crippen LogP contribution is -2.13. The molecule has 0 saturated heterocycles. The molecule has 106 valence electrons. The van der Waals surface area contributed by atoms with E-state index < -0.39 is 0 Å². The smallest absolute Gasteiger partial charge is 0.0205 e. The fourth-order valence-corrected chi connectivity index (χ4v) is 2.74. The summed E-state index contributed by atoms with van der Waals surface area (Å²) in [4.78, 5) is 0. The Labute approximate surface area is 126 Å². The first-order valence-corrected chi connectivity index (χ1v) is 7.66. The van der Waals surface area contributed by atoms with E-state index in [2.05, 4.69) is 79.0 Å². The van der Waals surface area contributed by atoms with E-state index in [0.717, 1.165) is 13.1 Å². The Kier molecular flexibility index (Phi) is 4.32. The maximum absolute atomic E-state index is 3.47. The van der Waals surface area contributed by atoms with Gasteiger partial charge in [0.25, 0.3) is 0 Å². The molecule has 0 spiro atoms. The van der Waals surface area contributed by atoms with E-state index in [0.29, 0.717) is 0 Å². The molecule has 0 aromatic heterocycles. The van der Waals surface area contributed by atoms with Crippen molar-refractivity contribution in [1.29, 1.82) is 0 Å². The second-order valence-corrected chi connectivity index (χ2v) is 5.40. The van der Waals surface area contributed by atoms with Gasteiger partial charge in [0.1, 0.15) is 0 Å². The average molecular weight is 275 g/mol. The van der Waals surface area contributed by atoms with Gasteiger partial charge in [-0.3, -0.25) is 0 Å². The zero-order valence-electron chi connectivity index (χ0n) is 12.5. The Morgan fingerprint density at radius 2 is 1.67 bits per heavy atom. The van der Waals surface area contributed by atoms with E-state index >= 15 is 0 Å². The van der Waals surface area contributed by atoms with Crippen LogP contribution >= 0.6 is 0 Å². The highest BCUT2D eigenvalue weighted by atomic mass is 14.8. The van der Waals surface area contributed by atoms with Crippen LogP contribution < -0.4 is 5.32 Å². The summed E-state index contributed by atoms with van der Waals surface area (Å²) in [6.45, 7) is 4.20. The van der Waals surface area contributed by atoms with Crippen molar-refractivity contribution in [3.63, 3.8) is 0 Å². The molecule has 0 heterocycles. The number of benzene rings is 3. The van der Waals surface area contributed by atoms with E-state index in [1.165, 1.54) is 33.9 Å². The number of rotatable bonds is 5. The van der Waals surface area contributed by atoms with Crippen LogP contribution in [0.3, 0.4) is 0 Å². The molecule has 3 aromatic rings. The van der Waals surface area contributed by atoms with Crippen molar-refractivity contribution in [3.8, 4) is 11.1 Å². The molecule has 0 bridgehead atoms. The Bertz CT molecular complexity index is 725. The molecule has 21 heavy (non-hydrogen) atoms. The normalized spacial score (nSPS) is 10.9. The van der Waals surface area contributed by atoms with Crippen LogP contribution in [0.4, 0.5) is 0 Å². The summed E-state index contributed by atoms with van der Waals surface area (Å²) in [6.07, 6.45) is 1.17. The van der Waals surface area contributed by atoms with Gasteiger partial charge in [0.05, 0.1) is 0 Å². The van der Waals surface area contributed by atoms with Gasteiger partial charge in [0, 0.05) is 6.54 Å². The van der Waals surface area contributed by atoms with Gasteiger partial charge in [-0.1, -0.05) is 67.6 Å². The summed E-state index contributed by atoms with van der Waals surface area (Å²) in [5.41, 5.74) is 3.95. The molecule has 0 fully saturated rings. The highest BCUT2D eigenvalue weighted by molar-refractivity contribution is 5.96. The highest BCUT2D eigenvalue weighted by Crippen LogP contribution is 2.28. The Balaban J connectivity index is 1.97. The Hall–Kier alpha value is -2.12. The SMILES string of the molecule is CCCNCc1cccc(-c2cccc3ccccc23)c1. The highest BCUT2D eigenvalue weighted by Gasteiger charge is 2.04. The third-order valence-corrected chi connectivity index (χ3v) is 3.78. The Morgan fingerprint density at radius 3 is 2.57 bits per heavy atom. The van der Waals surface area contributed by atoms with Crippen LogP contribution in [0.25, 0.3) is 21.9 Å². The van der Waals surface area contributed by atoms with Crippen molar-refractivity contribution in [2.45, 2.75) is 19.9 Å². The van der Waals surface area contributed by atoms with Gasteiger partial charge in [-0.15, -0.1) is 0 Å². The molecule has 1 heteroatoms. The van der Waals surface area contributed by atoms with E-state index in [-0.39, 0.29) is 0 Å². The molecule has 0 saturated carbocycles. The first kappa shape index (κ1) is 13.8. The largest absolute Gasteiger partial charge is 0.313 e. The number of fused-ring (bicyclic) bond motifs is 1. The van der Waals surface area contributed by atoms with Crippen LogP contribution in [-0.4, -0.2) is 6.54 Å². The van der Waals surface area contributed by atoms with Crippen LogP contribution in [0.15, 0.2) is 66.7 Å². The quantitative estimate of drug-likeness (QED) is 0.646. The predicted octanol–water partition coefficient (Wildman–Crippen LogP) is 5.01. The minimum Gasteiger partial charge on any atom is -0.313 e. The lowest BCUT2D eigenvalue weighted by molar-refractivity contribution is 0.675. The second kappa shape index (κ2) is 6.55. The van der Waals surface area contributed by atoms with Crippen molar-refractivity contribution in [2.24, 2.45) is 0 Å². The molecule has 0 radical (unpaired) electrons. The van der Waals surface area contributed by atoms with E-state index in [1.54, 1.807) is 0 Å². The number of nitrogens with one attached hydrogen (secondary N) is 1. The number of hydrogen-bond acceptors (Lipinski definition) is 1. The zero-order valence-corrected chi connectivity index (χ0v) is 12.5. The van der Waals surface area contributed by atoms with Gasteiger partial charge in [0.15, 0.2) is 0 Å². The molecule has 3 rings (SSSR count). The van der Waals surface area contributed by atoms with Crippen LogP contribution in [0.2, 0.25) is 0 Å². The van der Waals surface area contributed by atoms with Gasteiger partial charge in [-0.05, 0) is 46.5 Å². The summed E-state index contributed by atoms with van der Waals surface area (Å²) in [6, 6.07) is 23.9. The molecular formula is C20H21N. The predicted molar refractivity (Wildman–Crippen MR) is 91.4 cm³/mol. The third-order valence-electron chi connectivity index (χ3n) is 3.78. The van der Waals surface area contributed by atoms with Gasteiger partial charge < -0.3 is 5.32 Å². The van der Waals surface area contributed by atoms with Crippen LogP contribution in [0.1, 0.15) is 18.9 Å². The van der Waals surface area contributed by atoms with E-state index in [9.17, 15) is 0 Å². The first-order valence-electron chi connectivity index (χ1n) is 7.66. The van der Waals surface area contributed by atoms with Crippen molar-refractivity contribution in [3.05, 3.63) is 72.3 Å². The molecule has 0 unspecified atom stereocenters. The minimum atomic E-state index is 0.937. The topological polar surface area (TPSA) is 12.0 Å². The molecule has 0 aliphatic rings. The van der Waals surface area contributed by atoms with Gasteiger partial charge in [-0.2, -0.15) is 0 Å². The summed E-state index contributed by atoms with van der Waals surface area (Å²) in [5, 5.41) is 6.08. The summed E-state index contributed by atoms with van der Waals surface area (Å²) in [7, 11) is 0. The summed E-state index contributed by atoms with van der Waals surface area (Å²) < 4.78 is 0. The second-order valence-electron chi connectivity index (χ2n) is 5.40. The lowest BCUT2D eigenvalue weighted by atomic mass is 9.97. The van der Waals surface area contributed by atoms with Crippen LogP contribution in [0, 0.1) is 0 Å². The zero-order chi connectivity index (χ0) is 14.5. The fraction of sp³-hybridized carbons (Fsp3) is 0.200. The Morgan fingerprint density at radius 1 is 0.857 bits per heavy atom. The average Bonchev–Trinajstić information content (AvgIpc) is 2.55. The molecule has 1 nitrogen and oxygen atoms in total. The monoisotopic (exact) mass is 275 g/mol. The van der Waals surface area contributed by atoms with Gasteiger partial charge in [-0.25, -0.2) is 0 Å². The van der Waals surface area contributed by atoms with Gasteiger partial charge >= 0.3 is 0 Å². The van der Waals surface area contributed by atoms with E-state index in [4.69, 9.17) is 0 Å². The molecule has 0 atom stereocenters. The number of hydrogen-bond donors (Lipinski definition) is 1. The van der Waals surface area contributed by atoms with Crippen molar-refractivity contribution < 1.29 is 0 Å². The van der Waals surface area contributed by atoms with Crippen molar-refractivity contribution >= 4 is 10.8 Å². The maximum Gasteiger partial charge on any atom is 0.0205 e. The lowest BCUT2D eigenvalue weighted by Gasteiger charge is -2.09. The fourth-order valence-electron chi connectivity index (χ4n) is 2.74. The molecule has 0 aliphatic carbocycles. The standard InChI is InChI=1S/C20H21N/c1-2-13-21-15-16-7-5-10-18(14-16)20-12-6-9-17-8-3-4-11-19(17)20/h3-12,14,21H,2,13,15H2,1H3. The minimum absolute atomic E-state index is 0.937. The van der Waals surface area contributed by atoms with Crippen LogP contribution in [-0.2, 0) is 6.54 Å². The maximum atomic E-state index is 3.47. The summed E-state index contributed by atoms with van der Waals surface area (Å²) in [5.74, 6) is 0. The molecule has 1 N–H and O–H groups in total. The molecule has 0 aliphatic heterocycles. The van der Waals surface area contributed by atoms with Crippen LogP contribution in [0.5, 0.6) is 0 Å². The van der Waals surface area contributed by atoms with Crippen molar-refractivity contribution in [2.75, 3.05) is 6.54 Å². The third kappa shape index (κ3) is 3.14. The summed E-state index contributed by atoms with van der Waals surface area (Å²) >= 11 is 0. The van der Waals surface area contributed by atoms with E-state index in [1.807, 2.05) is 0 Å². The molecule has 3 aromatic carbocycles. The molecular weight excluding hydrogens is 254 g/mol. The first-order chi connectivity index (χ1) is 10.4. The van der Waals surface area contributed by atoms with Crippen molar-refractivity contribution in [1.82, 2.24) is 5.32 Å². The van der Waals surface area contributed by atoms with Gasteiger partial charge in [0.2, 0.25) is 0 Å².